The molecule has 1 aromatic carbocycles. The molecule has 1 amide bonds. The number of pyridine rings is 1. The van der Waals surface area contributed by atoms with Gasteiger partial charge in [0.2, 0.25) is 0 Å². The lowest BCUT2D eigenvalue weighted by molar-refractivity contribution is -0.141. The van der Waals surface area contributed by atoms with Gasteiger partial charge in [-0.1, -0.05) is 13.0 Å². The Hall–Kier alpha value is -2.88. The number of aliphatic hydroxyl groups is 3. The molecule has 9 nitrogen and oxygen atoms in total. The summed E-state index contributed by atoms with van der Waals surface area (Å²) in [5.74, 6) is 0.503. The van der Waals surface area contributed by atoms with E-state index in [1.165, 1.54) is 4.90 Å². The SMILES string of the molecule is COc1ccc([C@@H]2CN(C(=O)[C@@H](O)CO)C[C@@]2(C)[C@@H](C)O)cc1OC1CN(c2ccc(C)nc2)C1. The highest BCUT2D eigenvalue weighted by Crippen LogP contribution is 2.47. The van der Waals surface area contributed by atoms with Crippen molar-refractivity contribution >= 4 is 11.6 Å². The molecular formula is C26H35N3O6. The van der Waals surface area contributed by atoms with Gasteiger partial charge in [-0.15, -0.1) is 0 Å². The first-order chi connectivity index (χ1) is 16.7. The van der Waals surface area contributed by atoms with Crippen LogP contribution in [0.5, 0.6) is 11.5 Å². The molecule has 0 aliphatic carbocycles. The molecule has 0 saturated carbocycles. The van der Waals surface area contributed by atoms with E-state index in [-0.39, 0.29) is 18.6 Å². The minimum Gasteiger partial charge on any atom is -0.493 e. The molecule has 190 valence electrons. The molecule has 9 heteroatoms. The lowest BCUT2D eigenvalue weighted by Gasteiger charge is -2.40. The third-order valence-electron chi connectivity index (χ3n) is 7.45. The van der Waals surface area contributed by atoms with Gasteiger partial charge in [0.1, 0.15) is 6.10 Å². The molecule has 2 saturated heterocycles. The van der Waals surface area contributed by atoms with Crippen LogP contribution in [0.25, 0.3) is 0 Å². The summed E-state index contributed by atoms with van der Waals surface area (Å²) in [5, 5.41) is 29.7. The minimum atomic E-state index is -1.47. The van der Waals surface area contributed by atoms with Crippen molar-refractivity contribution in [3.05, 3.63) is 47.8 Å². The molecule has 0 unspecified atom stereocenters. The minimum absolute atomic E-state index is 0.00930. The second kappa shape index (κ2) is 10.0. The van der Waals surface area contributed by atoms with Crippen LogP contribution in [0.2, 0.25) is 0 Å². The van der Waals surface area contributed by atoms with Crippen LogP contribution in [-0.2, 0) is 4.79 Å². The second-order valence-corrected chi connectivity index (χ2v) is 9.86. The Morgan fingerprint density at radius 3 is 2.54 bits per heavy atom. The summed E-state index contributed by atoms with van der Waals surface area (Å²) in [6.07, 6.45) is -0.312. The fourth-order valence-corrected chi connectivity index (χ4v) is 4.93. The summed E-state index contributed by atoms with van der Waals surface area (Å²) >= 11 is 0. The standard InChI is InChI=1S/C26H35N3O6/c1-16-5-7-19(10-27-16)28-11-20(12-28)35-24-9-18(6-8-23(24)34-4)21-13-29(25(33)22(32)14-30)15-26(21,3)17(2)31/h5-10,17,20-22,30-32H,11-15H2,1-4H3/t17-,21+,22+,26+/m1/s1. The van der Waals surface area contributed by atoms with E-state index in [4.69, 9.17) is 9.47 Å². The lowest BCUT2D eigenvalue weighted by atomic mass is 9.72. The summed E-state index contributed by atoms with van der Waals surface area (Å²) < 4.78 is 11.8. The smallest absolute Gasteiger partial charge is 0.253 e. The van der Waals surface area contributed by atoms with E-state index in [2.05, 4.69) is 16.0 Å². The van der Waals surface area contributed by atoms with Crippen LogP contribution < -0.4 is 14.4 Å². The molecule has 1 aromatic heterocycles. The number of likely N-dealkylation sites (tertiary alicyclic amines) is 1. The Balaban J connectivity index is 1.52. The van der Waals surface area contributed by atoms with E-state index in [1.807, 2.05) is 44.3 Å². The average Bonchev–Trinajstić information content (AvgIpc) is 3.19. The predicted octanol–water partition coefficient (Wildman–Crippen LogP) is 1.33. The van der Waals surface area contributed by atoms with Crippen LogP contribution in [0.3, 0.4) is 0 Å². The molecule has 2 aliphatic heterocycles. The number of ether oxygens (including phenoxy) is 2. The summed E-state index contributed by atoms with van der Waals surface area (Å²) in [5.41, 5.74) is 2.31. The molecule has 0 radical (unpaired) electrons. The third-order valence-corrected chi connectivity index (χ3v) is 7.45. The Morgan fingerprint density at radius 2 is 1.94 bits per heavy atom. The van der Waals surface area contributed by atoms with Gasteiger partial charge >= 0.3 is 0 Å². The second-order valence-electron chi connectivity index (χ2n) is 9.86. The molecule has 4 atom stereocenters. The van der Waals surface area contributed by atoms with Crippen molar-refractivity contribution in [1.29, 1.82) is 0 Å². The highest BCUT2D eigenvalue weighted by atomic mass is 16.5. The number of nitrogens with zero attached hydrogens (tertiary/aromatic N) is 3. The van der Waals surface area contributed by atoms with E-state index >= 15 is 0 Å². The first kappa shape index (κ1) is 25.2. The van der Waals surface area contributed by atoms with Gasteiger partial charge < -0.3 is 34.6 Å². The number of rotatable bonds is 8. The summed E-state index contributed by atoms with van der Waals surface area (Å²) in [4.78, 5) is 20.6. The normalized spacial score (nSPS) is 24.1. The molecule has 2 aromatic rings. The first-order valence-corrected chi connectivity index (χ1v) is 11.9. The Kier molecular flexibility index (Phi) is 7.21. The van der Waals surface area contributed by atoms with Gasteiger partial charge in [0.25, 0.3) is 5.91 Å². The monoisotopic (exact) mass is 485 g/mol. The van der Waals surface area contributed by atoms with Crippen molar-refractivity contribution in [2.45, 2.75) is 45.0 Å². The van der Waals surface area contributed by atoms with Crippen LogP contribution in [0.4, 0.5) is 5.69 Å². The summed E-state index contributed by atoms with van der Waals surface area (Å²) in [6, 6.07) is 9.75. The predicted molar refractivity (Wildman–Crippen MR) is 131 cm³/mol. The topological polar surface area (TPSA) is 116 Å². The summed E-state index contributed by atoms with van der Waals surface area (Å²) in [7, 11) is 1.60. The van der Waals surface area contributed by atoms with Crippen LogP contribution in [0, 0.1) is 12.3 Å². The van der Waals surface area contributed by atoms with Gasteiger partial charge in [-0.05, 0) is 43.7 Å². The highest BCUT2D eigenvalue weighted by molar-refractivity contribution is 5.81. The largest absolute Gasteiger partial charge is 0.493 e. The molecule has 0 spiro atoms. The molecular weight excluding hydrogens is 450 g/mol. The van der Waals surface area contributed by atoms with E-state index in [0.717, 1.165) is 30.0 Å². The van der Waals surface area contributed by atoms with E-state index < -0.39 is 30.1 Å². The van der Waals surface area contributed by atoms with Gasteiger partial charge in [-0.2, -0.15) is 0 Å². The van der Waals surface area contributed by atoms with Crippen molar-refractivity contribution < 1.29 is 29.6 Å². The van der Waals surface area contributed by atoms with Crippen molar-refractivity contribution in [2.24, 2.45) is 5.41 Å². The zero-order valence-corrected chi connectivity index (χ0v) is 20.7. The number of methoxy groups -OCH3 is 1. The van der Waals surface area contributed by atoms with Crippen LogP contribution in [0.15, 0.2) is 36.5 Å². The van der Waals surface area contributed by atoms with Crippen molar-refractivity contribution in [2.75, 3.05) is 44.8 Å². The molecule has 2 fully saturated rings. The summed E-state index contributed by atoms with van der Waals surface area (Å²) in [6.45, 7) is 7.03. The molecule has 4 rings (SSSR count). The van der Waals surface area contributed by atoms with Crippen LogP contribution >= 0.6 is 0 Å². The Bertz CT molecular complexity index is 1040. The fourth-order valence-electron chi connectivity index (χ4n) is 4.93. The first-order valence-electron chi connectivity index (χ1n) is 11.9. The molecule has 2 aliphatic rings. The number of benzene rings is 1. The maximum Gasteiger partial charge on any atom is 0.253 e. The van der Waals surface area contributed by atoms with Gasteiger partial charge in [0, 0.05) is 30.1 Å². The Labute approximate surface area is 205 Å². The number of carbonyl (C=O) groups excluding carboxylic acids is 1. The van der Waals surface area contributed by atoms with E-state index in [9.17, 15) is 20.1 Å². The number of aryl methyl sites for hydroxylation is 1. The van der Waals surface area contributed by atoms with Gasteiger partial charge in [0.05, 0.1) is 44.8 Å². The lowest BCUT2D eigenvalue weighted by Crippen LogP contribution is -2.54. The zero-order chi connectivity index (χ0) is 25.3. The number of hydrogen-bond acceptors (Lipinski definition) is 8. The third kappa shape index (κ3) is 4.94. The van der Waals surface area contributed by atoms with Crippen molar-refractivity contribution in [3.8, 4) is 11.5 Å². The maximum atomic E-state index is 12.6. The van der Waals surface area contributed by atoms with E-state index in [1.54, 1.807) is 14.0 Å². The molecule has 0 bridgehead atoms. The molecule has 3 N–H and O–H groups in total. The van der Waals surface area contributed by atoms with Gasteiger partial charge in [0.15, 0.2) is 17.6 Å². The van der Waals surface area contributed by atoms with Crippen LogP contribution in [-0.4, -0.2) is 89.3 Å². The average molecular weight is 486 g/mol. The number of hydrogen-bond donors (Lipinski definition) is 3. The zero-order valence-electron chi connectivity index (χ0n) is 20.7. The number of aromatic nitrogens is 1. The quantitative estimate of drug-likeness (QED) is 0.513. The fraction of sp³-hybridized carbons (Fsp3) is 0.538. The number of aliphatic hydroxyl groups excluding tert-OH is 3. The van der Waals surface area contributed by atoms with Gasteiger partial charge in [-0.3, -0.25) is 9.78 Å². The maximum absolute atomic E-state index is 12.6. The van der Waals surface area contributed by atoms with Crippen molar-refractivity contribution in [1.82, 2.24) is 9.88 Å². The number of carbonyl (C=O) groups is 1. The molecule has 3 heterocycles. The molecule has 35 heavy (non-hydrogen) atoms. The highest BCUT2D eigenvalue weighted by Gasteiger charge is 2.49. The number of anilines is 1. The van der Waals surface area contributed by atoms with Crippen molar-refractivity contribution in [3.63, 3.8) is 0 Å². The van der Waals surface area contributed by atoms with Gasteiger partial charge in [-0.25, -0.2) is 0 Å². The van der Waals surface area contributed by atoms with Crippen LogP contribution in [0.1, 0.15) is 31.0 Å². The number of amides is 1. The van der Waals surface area contributed by atoms with E-state index in [0.29, 0.717) is 18.0 Å². The Morgan fingerprint density at radius 1 is 1.20 bits per heavy atom.